The summed E-state index contributed by atoms with van der Waals surface area (Å²) in [5.74, 6) is 0.144. The van der Waals surface area contributed by atoms with Crippen LogP contribution in [0, 0.1) is 10.1 Å². The molecule has 0 fully saturated rings. The number of anilines is 1. The van der Waals surface area contributed by atoms with E-state index in [0.29, 0.717) is 12.2 Å². The highest BCUT2D eigenvalue weighted by atomic mass is 16.6. The van der Waals surface area contributed by atoms with Crippen LogP contribution >= 0.6 is 0 Å². The highest BCUT2D eigenvalue weighted by Gasteiger charge is 2.17. The third-order valence-electron chi connectivity index (χ3n) is 3.24. The average molecular weight is 315 g/mol. The molecule has 2 amide bonds. The average Bonchev–Trinajstić information content (AvgIpc) is 2.55. The SMILES string of the molecule is COc1ccc(NC(=O)N(C)Cc2ccccc2)cc1[N+](=O)[O-]. The monoisotopic (exact) mass is 315 g/mol. The number of amides is 2. The van der Waals surface area contributed by atoms with E-state index in [2.05, 4.69) is 5.32 Å². The summed E-state index contributed by atoms with van der Waals surface area (Å²) in [4.78, 5) is 24.1. The smallest absolute Gasteiger partial charge is 0.321 e. The molecule has 1 N–H and O–H groups in total. The molecule has 0 bridgehead atoms. The minimum Gasteiger partial charge on any atom is -0.490 e. The number of ether oxygens (including phenoxy) is 1. The van der Waals surface area contributed by atoms with Gasteiger partial charge in [0.15, 0.2) is 5.75 Å². The Morgan fingerprint density at radius 1 is 1.26 bits per heavy atom. The van der Waals surface area contributed by atoms with Gasteiger partial charge in [-0.05, 0) is 17.7 Å². The van der Waals surface area contributed by atoms with Crippen LogP contribution in [0.25, 0.3) is 0 Å². The van der Waals surface area contributed by atoms with Gasteiger partial charge in [-0.1, -0.05) is 30.3 Å². The number of hydrogen-bond donors (Lipinski definition) is 1. The van der Waals surface area contributed by atoms with E-state index in [9.17, 15) is 14.9 Å². The molecule has 0 aromatic heterocycles. The van der Waals surface area contributed by atoms with Crippen molar-refractivity contribution < 1.29 is 14.5 Å². The van der Waals surface area contributed by atoms with Gasteiger partial charge < -0.3 is 15.0 Å². The highest BCUT2D eigenvalue weighted by Crippen LogP contribution is 2.29. The van der Waals surface area contributed by atoms with Crippen LogP contribution in [0.4, 0.5) is 16.2 Å². The maximum Gasteiger partial charge on any atom is 0.321 e. The van der Waals surface area contributed by atoms with Gasteiger partial charge in [0.2, 0.25) is 0 Å². The molecule has 0 heterocycles. The van der Waals surface area contributed by atoms with Crippen molar-refractivity contribution in [2.75, 3.05) is 19.5 Å². The van der Waals surface area contributed by atoms with Gasteiger partial charge in [0.05, 0.1) is 12.0 Å². The van der Waals surface area contributed by atoms with Crippen molar-refractivity contribution in [3.05, 3.63) is 64.2 Å². The van der Waals surface area contributed by atoms with E-state index in [0.717, 1.165) is 5.56 Å². The highest BCUT2D eigenvalue weighted by molar-refractivity contribution is 5.89. The molecule has 0 unspecified atom stereocenters. The van der Waals surface area contributed by atoms with Crippen LogP contribution < -0.4 is 10.1 Å². The van der Waals surface area contributed by atoms with Gasteiger partial charge in [0, 0.05) is 25.3 Å². The van der Waals surface area contributed by atoms with E-state index in [1.807, 2.05) is 30.3 Å². The molecule has 23 heavy (non-hydrogen) atoms. The summed E-state index contributed by atoms with van der Waals surface area (Å²) in [6, 6.07) is 13.5. The molecule has 7 heteroatoms. The second-order valence-corrected chi connectivity index (χ2v) is 4.92. The Hall–Kier alpha value is -3.09. The first-order valence-electron chi connectivity index (χ1n) is 6.89. The van der Waals surface area contributed by atoms with Crippen molar-refractivity contribution in [3.63, 3.8) is 0 Å². The largest absolute Gasteiger partial charge is 0.490 e. The number of carbonyl (C=O) groups is 1. The van der Waals surface area contributed by atoms with Gasteiger partial charge in [-0.2, -0.15) is 0 Å². The molecular weight excluding hydrogens is 298 g/mol. The second-order valence-electron chi connectivity index (χ2n) is 4.92. The Kier molecular flexibility index (Phi) is 5.14. The van der Waals surface area contributed by atoms with Crippen LogP contribution in [-0.2, 0) is 6.54 Å². The van der Waals surface area contributed by atoms with Gasteiger partial charge in [-0.3, -0.25) is 10.1 Å². The summed E-state index contributed by atoms with van der Waals surface area (Å²) in [5.41, 5.74) is 1.13. The van der Waals surface area contributed by atoms with E-state index in [1.165, 1.54) is 24.1 Å². The number of nitrogens with one attached hydrogen (secondary N) is 1. The Morgan fingerprint density at radius 2 is 1.96 bits per heavy atom. The number of benzene rings is 2. The molecule has 7 nitrogen and oxygen atoms in total. The Bertz CT molecular complexity index is 704. The van der Waals surface area contributed by atoms with Crippen molar-refractivity contribution >= 4 is 17.4 Å². The van der Waals surface area contributed by atoms with Gasteiger partial charge in [0.1, 0.15) is 0 Å². The van der Waals surface area contributed by atoms with E-state index in [1.54, 1.807) is 13.1 Å². The number of methoxy groups -OCH3 is 1. The van der Waals surface area contributed by atoms with Gasteiger partial charge in [-0.15, -0.1) is 0 Å². The van der Waals surface area contributed by atoms with Crippen LogP contribution in [-0.4, -0.2) is 30.0 Å². The third kappa shape index (κ3) is 4.19. The summed E-state index contributed by atoms with van der Waals surface area (Å²) in [7, 11) is 3.01. The summed E-state index contributed by atoms with van der Waals surface area (Å²) in [5, 5.41) is 13.6. The van der Waals surface area contributed by atoms with Crippen LogP contribution in [0.3, 0.4) is 0 Å². The predicted molar refractivity (Wildman–Crippen MR) is 86.6 cm³/mol. The molecule has 2 rings (SSSR count). The van der Waals surface area contributed by atoms with E-state index < -0.39 is 4.92 Å². The topological polar surface area (TPSA) is 84.7 Å². The number of hydrogen-bond acceptors (Lipinski definition) is 4. The molecule has 120 valence electrons. The number of urea groups is 1. The lowest BCUT2D eigenvalue weighted by Crippen LogP contribution is -2.30. The molecule has 0 saturated heterocycles. The zero-order chi connectivity index (χ0) is 16.8. The van der Waals surface area contributed by atoms with E-state index in [-0.39, 0.29) is 17.5 Å². The van der Waals surface area contributed by atoms with Gasteiger partial charge in [0.25, 0.3) is 0 Å². The molecule has 0 aliphatic carbocycles. The van der Waals surface area contributed by atoms with Crippen molar-refractivity contribution in [1.82, 2.24) is 4.90 Å². The molecule has 0 aliphatic heterocycles. The summed E-state index contributed by atoms with van der Waals surface area (Å²) < 4.78 is 4.93. The number of rotatable bonds is 5. The predicted octanol–water partition coefficient (Wildman–Crippen LogP) is 3.27. The van der Waals surface area contributed by atoms with Crippen molar-refractivity contribution in [1.29, 1.82) is 0 Å². The third-order valence-corrected chi connectivity index (χ3v) is 3.24. The van der Waals surface area contributed by atoms with Crippen molar-refractivity contribution in [3.8, 4) is 5.75 Å². The first-order chi connectivity index (χ1) is 11.0. The Balaban J connectivity index is 2.07. The molecule has 0 aliphatic rings. The van der Waals surface area contributed by atoms with Crippen LogP contribution in [0.2, 0.25) is 0 Å². The fraction of sp³-hybridized carbons (Fsp3) is 0.188. The minimum absolute atomic E-state index is 0.144. The quantitative estimate of drug-likeness (QED) is 0.678. The molecule has 0 radical (unpaired) electrons. The number of nitro benzene ring substituents is 1. The zero-order valence-electron chi connectivity index (χ0n) is 12.9. The molecule has 0 atom stereocenters. The maximum atomic E-state index is 12.2. The molecular formula is C16H17N3O4. The van der Waals surface area contributed by atoms with Crippen LogP contribution in [0.1, 0.15) is 5.56 Å². The Morgan fingerprint density at radius 3 is 2.57 bits per heavy atom. The fourth-order valence-corrected chi connectivity index (χ4v) is 2.06. The van der Waals surface area contributed by atoms with Crippen molar-refractivity contribution in [2.24, 2.45) is 0 Å². The Labute approximate surface area is 133 Å². The normalized spacial score (nSPS) is 10.0. The number of carbonyl (C=O) groups excluding carboxylic acids is 1. The van der Waals surface area contributed by atoms with Crippen molar-refractivity contribution in [2.45, 2.75) is 6.54 Å². The summed E-state index contributed by atoms with van der Waals surface area (Å²) in [6.07, 6.45) is 0. The number of nitrogens with zero attached hydrogens (tertiary/aromatic N) is 2. The number of nitro groups is 1. The standard InChI is InChI=1S/C16H17N3O4/c1-18(11-12-6-4-3-5-7-12)16(20)17-13-8-9-15(23-2)14(10-13)19(21)22/h3-10H,11H2,1-2H3,(H,17,20). The minimum atomic E-state index is -0.553. The van der Waals surface area contributed by atoms with Gasteiger partial charge in [-0.25, -0.2) is 4.79 Å². The lowest BCUT2D eigenvalue weighted by Gasteiger charge is -2.18. The molecule has 2 aromatic rings. The summed E-state index contributed by atoms with van der Waals surface area (Å²) >= 11 is 0. The first-order valence-corrected chi connectivity index (χ1v) is 6.89. The van der Waals surface area contributed by atoms with E-state index >= 15 is 0 Å². The van der Waals surface area contributed by atoms with E-state index in [4.69, 9.17) is 4.74 Å². The summed E-state index contributed by atoms with van der Waals surface area (Å²) in [6.45, 7) is 0.435. The lowest BCUT2D eigenvalue weighted by atomic mass is 10.2. The van der Waals surface area contributed by atoms with Gasteiger partial charge >= 0.3 is 11.7 Å². The molecule has 2 aromatic carbocycles. The first kappa shape index (κ1) is 16.3. The second kappa shape index (κ2) is 7.26. The fourth-order valence-electron chi connectivity index (χ4n) is 2.06. The maximum absolute atomic E-state index is 12.2. The molecule has 0 spiro atoms. The van der Waals surface area contributed by atoms with Crippen LogP contribution in [0.15, 0.2) is 48.5 Å². The zero-order valence-corrected chi connectivity index (χ0v) is 12.9. The molecule has 0 saturated carbocycles. The van der Waals surface area contributed by atoms with Crippen LogP contribution in [0.5, 0.6) is 5.75 Å². The lowest BCUT2D eigenvalue weighted by molar-refractivity contribution is -0.385.